The van der Waals surface area contributed by atoms with Gasteiger partial charge in [-0.25, -0.2) is 0 Å². The average molecular weight is 300 g/mol. The van der Waals surface area contributed by atoms with Crippen molar-refractivity contribution in [2.75, 3.05) is 11.9 Å². The summed E-state index contributed by atoms with van der Waals surface area (Å²) in [5.74, 6) is 1.01. The summed E-state index contributed by atoms with van der Waals surface area (Å²) in [6, 6.07) is 12.8. The standard InChI is InChI=1S/C20H16N2O/c1-11-16-14-8-7-13-12-5-3-4-6-15(12)23-19(13)18(14)22-10-9-21(2)20(22)17(11)16/h3-10,16-17,20H,1H2,2H3. The molecule has 3 aromatic rings. The molecule has 0 amide bonds. The number of furan rings is 1. The second-order valence-corrected chi connectivity index (χ2v) is 6.84. The highest BCUT2D eigenvalue weighted by molar-refractivity contribution is 6.10. The van der Waals surface area contributed by atoms with Crippen LogP contribution in [0.25, 0.3) is 21.9 Å². The van der Waals surface area contributed by atoms with Gasteiger partial charge >= 0.3 is 0 Å². The predicted octanol–water partition coefficient (Wildman–Crippen LogP) is 4.42. The monoisotopic (exact) mass is 300 g/mol. The number of rotatable bonds is 0. The van der Waals surface area contributed by atoms with Crippen LogP contribution in [0.5, 0.6) is 0 Å². The topological polar surface area (TPSA) is 19.6 Å². The summed E-state index contributed by atoms with van der Waals surface area (Å²) in [7, 11) is 2.15. The maximum Gasteiger partial charge on any atom is 0.159 e. The molecule has 0 saturated heterocycles. The second kappa shape index (κ2) is 3.62. The van der Waals surface area contributed by atoms with E-state index in [-0.39, 0.29) is 0 Å². The molecule has 112 valence electrons. The SMILES string of the molecule is C=C1C2c3ccc4c(oc5ccccc54)c3N3C=CN(C)C3C12. The Morgan fingerprint density at radius 3 is 2.83 bits per heavy atom. The van der Waals surface area contributed by atoms with Gasteiger partial charge in [0.15, 0.2) is 5.58 Å². The Bertz CT molecular complexity index is 1040. The zero-order chi connectivity index (χ0) is 15.3. The normalized spacial score (nSPS) is 27.5. The van der Waals surface area contributed by atoms with Crippen molar-refractivity contribution in [1.82, 2.24) is 4.90 Å². The van der Waals surface area contributed by atoms with Crippen molar-refractivity contribution < 1.29 is 4.42 Å². The first-order valence-electron chi connectivity index (χ1n) is 8.07. The molecule has 1 aromatic heterocycles. The van der Waals surface area contributed by atoms with E-state index in [1.807, 2.05) is 12.1 Å². The predicted molar refractivity (Wildman–Crippen MR) is 92.3 cm³/mol. The lowest BCUT2D eigenvalue weighted by Gasteiger charge is -2.35. The molecule has 3 heterocycles. The molecule has 6 rings (SSSR count). The van der Waals surface area contributed by atoms with Crippen LogP contribution in [0.1, 0.15) is 11.5 Å². The Morgan fingerprint density at radius 2 is 1.91 bits per heavy atom. The number of nitrogens with zero attached hydrogens (tertiary/aromatic N) is 2. The van der Waals surface area contributed by atoms with Gasteiger partial charge in [0, 0.05) is 42.1 Å². The van der Waals surface area contributed by atoms with E-state index in [1.165, 1.54) is 27.6 Å². The van der Waals surface area contributed by atoms with E-state index in [1.54, 1.807) is 0 Å². The van der Waals surface area contributed by atoms with Gasteiger partial charge < -0.3 is 14.2 Å². The third kappa shape index (κ3) is 1.24. The van der Waals surface area contributed by atoms with Gasteiger partial charge in [0.2, 0.25) is 0 Å². The number of hydrogen-bond donors (Lipinski definition) is 0. The lowest BCUT2D eigenvalue weighted by atomic mass is 9.97. The van der Waals surface area contributed by atoms with Crippen LogP contribution in [0.3, 0.4) is 0 Å². The fourth-order valence-electron chi connectivity index (χ4n) is 4.58. The highest BCUT2D eigenvalue weighted by Gasteiger charge is 2.57. The van der Waals surface area contributed by atoms with E-state index in [9.17, 15) is 0 Å². The molecule has 3 unspecified atom stereocenters. The van der Waals surface area contributed by atoms with Crippen molar-refractivity contribution in [3.05, 3.63) is 66.5 Å². The molecule has 1 fully saturated rings. The molecule has 1 saturated carbocycles. The summed E-state index contributed by atoms with van der Waals surface area (Å²) >= 11 is 0. The Balaban J connectivity index is 1.74. The molecular formula is C20H16N2O. The van der Waals surface area contributed by atoms with Gasteiger partial charge in [-0.3, -0.25) is 0 Å². The maximum absolute atomic E-state index is 6.27. The van der Waals surface area contributed by atoms with E-state index in [4.69, 9.17) is 4.42 Å². The fraction of sp³-hybridized carbons (Fsp3) is 0.200. The molecule has 0 spiro atoms. The Hall–Kier alpha value is -2.68. The maximum atomic E-state index is 6.27. The summed E-state index contributed by atoms with van der Waals surface area (Å²) in [6.07, 6.45) is 4.68. The first-order valence-corrected chi connectivity index (χ1v) is 8.07. The first kappa shape index (κ1) is 11.8. The first-order chi connectivity index (χ1) is 11.3. The van der Waals surface area contributed by atoms with E-state index < -0.39 is 0 Å². The van der Waals surface area contributed by atoms with Gasteiger partial charge in [0.05, 0.1) is 5.69 Å². The van der Waals surface area contributed by atoms with Crippen LogP contribution in [-0.2, 0) is 0 Å². The summed E-state index contributed by atoms with van der Waals surface area (Å²) in [6.45, 7) is 4.32. The van der Waals surface area contributed by atoms with Crippen molar-refractivity contribution >= 4 is 27.6 Å². The van der Waals surface area contributed by atoms with E-state index in [0.717, 1.165) is 11.2 Å². The lowest BCUT2D eigenvalue weighted by molar-refractivity contribution is 0.319. The highest BCUT2D eigenvalue weighted by Crippen LogP contribution is 2.63. The highest BCUT2D eigenvalue weighted by atomic mass is 16.3. The zero-order valence-electron chi connectivity index (χ0n) is 12.9. The van der Waals surface area contributed by atoms with Gasteiger partial charge in [-0.15, -0.1) is 0 Å². The number of hydrogen-bond acceptors (Lipinski definition) is 3. The van der Waals surface area contributed by atoms with Crippen LogP contribution in [-0.4, -0.2) is 18.1 Å². The average Bonchev–Trinajstić information content (AvgIpc) is 2.94. The third-order valence-electron chi connectivity index (χ3n) is 5.71. The minimum Gasteiger partial charge on any atom is -0.454 e. The number of fused-ring (bicyclic) bond motifs is 10. The molecule has 3 aliphatic rings. The molecule has 0 bridgehead atoms. The number of para-hydroxylation sites is 1. The number of anilines is 1. The van der Waals surface area contributed by atoms with Crippen molar-refractivity contribution in [2.45, 2.75) is 12.1 Å². The number of benzene rings is 2. The molecule has 1 aliphatic carbocycles. The molecule has 0 radical (unpaired) electrons. The Kier molecular flexibility index (Phi) is 1.86. The summed E-state index contributed by atoms with van der Waals surface area (Å²) in [4.78, 5) is 4.67. The van der Waals surface area contributed by atoms with Gasteiger partial charge in [-0.2, -0.15) is 0 Å². The van der Waals surface area contributed by atoms with Crippen LogP contribution in [0.15, 0.2) is 65.4 Å². The summed E-state index contributed by atoms with van der Waals surface area (Å²) in [5.41, 5.74) is 5.91. The molecule has 23 heavy (non-hydrogen) atoms. The van der Waals surface area contributed by atoms with Crippen LogP contribution in [0.2, 0.25) is 0 Å². The van der Waals surface area contributed by atoms with Gasteiger partial charge in [0.25, 0.3) is 0 Å². The zero-order valence-corrected chi connectivity index (χ0v) is 12.9. The molecule has 2 aromatic carbocycles. The van der Waals surface area contributed by atoms with Crippen LogP contribution in [0.4, 0.5) is 5.69 Å². The van der Waals surface area contributed by atoms with Crippen molar-refractivity contribution in [2.24, 2.45) is 5.92 Å². The molecule has 3 heteroatoms. The van der Waals surface area contributed by atoms with E-state index in [0.29, 0.717) is 18.0 Å². The second-order valence-electron chi connectivity index (χ2n) is 6.84. The van der Waals surface area contributed by atoms with Gasteiger partial charge in [-0.05, 0) is 11.6 Å². The fourth-order valence-corrected chi connectivity index (χ4v) is 4.58. The van der Waals surface area contributed by atoms with E-state index in [2.05, 4.69) is 60.1 Å². The van der Waals surface area contributed by atoms with Gasteiger partial charge in [-0.1, -0.05) is 42.5 Å². The summed E-state index contributed by atoms with van der Waals surface area (Å²) in [5, 5.41) is 2.39. The summed E-state index contributed by atoms with van der Waals surface area (Å²) < 4.78 is 6.27. The van der Waals surface area contributed by atoms with Crippen LogP contribution >= 0.6 is 0 Å². The van der Waals surface area contributed by atoms with Gasteiger partial charge in [0.1, 0.15) is 11.7 Å². The smallest absolute Gasteiger partial charge is 0.159 e. The molecule has 3 atom stereocenters. The molecule has 3 nitrogen and oxygen atoms in total. The molecular weight excluding hydrogens is 284 g/mol. The van der Waals surface area contributed by atoms with Crippen molar-refractivity contribution in [3.8, 4) is 0 Å². The van der Waals surface area contributed by atoms with Crippen LogP contribution in [0, 0.1) is 5.92 Å². The van der Waals surface area contributed by atoms with Crippen molar-refractivity contribution in [1.29, 1.82) is 0 Å². The largest absolute Gasteiger partial charge is 0.454 e. The quantitative estimate of drug-likeness (QED) is 0.573. The Labute approximate surface area is 134 Å². The molecule has 0 N–H and O–H groups in total. The minimum atomic E-state index is 0.346. The van der Waals surface area contributed by atoms with Crippen molar-refractivity contribution in [3.63, 3.8) is 0 Å². The van der Waals surface area contributed by atoms with E-state index >= 15 is 0 Å². The van der Waals surface area contributed by atoms with Crippen LogP contribution < -0.4 is 4.90 Å². The molecule has 2 aliphatic heterocycles. The lowest BCUT2D eigenvalue weighted by Crippen LogP contribution is -2.41. The minimum absolute atomic E-state index is 0.346. The Morgan fingerprint density at radius 1 is 1.04 bits per heavy atom. The third-order valence-corrected chi connectivity index (χ3v) is 5.71.